The monoisotopic (exact) mass is 584 g/mol. The van der Waals surface area contributed by atoms with E-state index >= 15 is 0 Å². The first-order chi connectivity index (χ1) is 20.7. The lowest BCUT2D eigenvalue weighted by Gasteiger charge is -2.32. The van der Waals surface area contributed by atoms with Crippen molar-refractivity contribution in [1.82, 2.24) is 15.2 Å². The number of nitrogens with zero attached hydrogens (tertiary/aromatic N) is 2. The highest BCUT2D eigenvalue weighted by atomic mass is 16.5. The van der Waals surface area contributed by atoms with Crippen molar-refractivity contribution in [3.05, 3.63) is 102 Å². The summed E-state index contributed by atoms with van der Waals surface area (Å²) >= 11 is 0. The molecule has 228 valence electrons. The Bertz CT molecular complexity index is 1360. The number of carbonyl (C=O) groups is 2. The summed E-state index contributed by atoms with van der Waals surface area (Å²) in [4.78, 5) is 32.8. The van der Waals surface area contributed by atoms with Crippen molar-refractivity contribution in [2.24, 2.45) is 11.1 Å². The number of nitrogens with one attached hydrogen (secondary N) is 1. The van der Waals surface area contributed by atoms with Gasteiger partial charge in [-0.15, -0.1) is 0 Å². The zero-order valence-electron chi connectivity index (χ0n) is 25.4. The van der Waals surface area contributed by atoms with Crippen molar-refractivity contribution in [1.29, 1.82) is 0 Å². The van der Waals surface area contributed by atoms with Crippen LogP contribution in [0.1, 0.15) is 44.7 Å². The molecule has 2 amide bonds. The van der Waals surface area contributed by atoms with Gasteiger partial charge in [0, 0.05) is 23.7 Å². The van der Waals surface area contributed by atoms with E-state index in [0.29, 0.717) is 19.6 Å². The Labute approximate surface area is 255 Å². The molecule has 0 spiro atoms. The number of nitrogens with two attached hydrogens (primary N) is 1. The Morgan fingerprint density at radius 1 is 1.12 bits per heavy atom. The predicted octanol–water partition coefficient (Wildman–Crippen LogP) is 4.27. The number of aliphatic hydroxyl groups is 1. The molecule has 8 nitrogen and oxygen atoms in total. The average Bonchev–Trinajstić information content (AvgIpc) is 3.51. The van der Waals surface area contributed by atoms with E-state index in [9.17, 15) is 14.7 Å². The molecule has 0 radical (unpaired) electrons. The summed E-state index contributed by atoms with van der Waals surface area (Å²) in [5.74, 6) is -0.601. The summed E-state index contributed by atoms with van der Waals surface area (Å²) in [5, 5.41) is 13.3. The summed E-state index contributed by atoms with van der Waals surface area (Å²) < 4.78 is 6.07. The number of benzene rings is 2. The van der Waals surface area contributed by atoms with E-state index in [0.717, 1.165) is 35.2 Å². The third-order valence-corrected chi connectivity index (χ3v) is 7.96. The van der Waals surface area contributed by atoms with E-state index in [2.05, 4.69) is 22.4 Å². The summed E-state index contributed by atoms with van der Waals surface area (Å²) in [6.07, 6.45) is 7.53. The first-order valence-corrected chi connectivity index (χ1v) is 15.0. The summed E-state index contributed by atoms with van der Waals surface area (Å²) in [6.45, 7) is 6.26. The third kappa shape index (κ3) is 8.83. The van der Waals surface area contributed by atoms with E-state index in [1.165, 1.54) is 0 Å². The number of carbonyl (C=O) groups excluding carboxylic acids is 2. The predicted molar refractivity (Wildman–Crippen MR) is 169 cm³/mol. The average molecular weight is 585 g/mol. The second-order valence-corrected chi connectivity index (χ2v) is 11.8. The number of aromatic nitrogens is 1. The van der Waals surface area contributed by atoms with Gasteiger partial charge in [-0.1, -0.05) is 73.7 Å². The number of ether oxygens (including phenoxy) is 1. The lowest BCUT2D eigenvalue weighted by Crippen LogP contribution is -2.57. The van der Waals surface area contributed by atoms with E-state index in [1.807, 2.05) is 84.6 Å². The zero-order chi connectivity index (χ0) is 30.8. The quantitative estimate of drug-likeness (QED) is 0.258. The van der Waals surface area contributed by atoms with Crippen LogP contribution in [0.3, 0.4) is 0 Å². The molecule has 1 fully saturated rings. The molecule has 0 aliphatic carbocycles. The fourth-order valence-corrected chi connectivity index (χ4v) is 5.36. The number of aliphatic hydroxyl groups excluding tert-OH is 1. The fraction of sp³-hybridized carbons (Fsp3) is 0.400. The first kappa shape index (κ1) is 32.1. The molecule has 0 saturated carbocycles. The second kappa shape index (κ2) is 15.0. The molecule has 8 heteroatoms. The Morgan fingerprint density at radius 3 is 2.56 bits per heavy atom. The van der Waals surface area contributed by atoms with E-state index in [-0.39, 0.29) is 18.6 Å². The van der Waals surface area contributed by atoms with Gasteiger partial charge in [0.15, 0.2) is 0 Å². The van der Waals surface area contributed by atoms with Crippen LogP contribution in [0.2, 0.25) is 0 Å². The molecule has 43 heavy (non-hydrogen) atoms. The van der Waals surface area contributed by atoms with Crippen LogP contribution in [0.15, 0.2) is 91.1 Å². The maximum Gasteiger partial charge on any atom is 0.248 e. The van der Waals surface area contributed by atoms with Crippen LogP contribution >= 0.6 is 0 Å². The number of pyridine rings is 1. The van der Waals surface area contributed by atoms with Crippen LogP contribution < -0.4 is 11.1 Å². The van der Waals surface area contributed by atoms with Crippen molar-refractivity contribution in [2.75, 3.05) is 13.2 Å². The Hall–Kier alpha value is -3.85. The lowest BCUT2D eigenvalue weighted by atomic mass is 9.83. The Balaban J connectivity index is 1.47. The van der Waals surface area contributed by atoms with Crippen molar-refractivity contribution >= 4 is 11.8 Å². The van der Waals surface area contributed by atoms with E-state index < -0.39 is 29.5 Å². The maximum atomic E-state index is 13.9. The van der Waals surface area contributed by atoms with Gasteiger partial charge in [-0.25, -0.2) is 0 Å². The van der Waals surface area contributed by atoms with Gasteiger partial charge < -0.3 is 25.8 Å². The molecule has 1 aromatic heterocycles. The molecule has 3 aromatic rings. The highest BCUT2D eigenvalue weighted by molar-refractivity contribution is 5.90. The topological polar surface area (TPSA) is 118 Å². The molecule has 1 aliphatic rings. The van der Waals surface area contributed by atoms with Gasteiger partial charge in [-0.3, -0.25) is 14.6 Å². The number of hydrogen-bond donors (Lipinski definition) is 3. The Kier molecular flexibility index (Phi) is 11.2. The second-order valence-electron chi connectivity index (χ2n) is 11.8. The van der Waals surface area contributed by atoms with Gasteiger partial charge in [0.2, 0.25) is 11.8 Å². The van der Waals surface area contributed by atoms with Crippen molar-refractivity contribution in [2.45, 2.75) is 70.9 Å². The molecule has 0 bridgehead atoms. The van der Waals surface area contributed by atoms with Crippen molar-refractivity contribution in [3.8, 4) is 11.3 Å². The minimum atomic E-state index is -0.880. The van der Waals surface area contributed by atoms with E-state index in [1.54, 1.807) is 20.0 Å². The molecule has 0 unspecified atom stereocenters. The van der Waals surface area contributed by atoms with E-state index in [4.69, 9.17) is 10.5 Å². The minimum absolute atomic E-state index is 0.0462. The molecule has 5 atom stereocenters. The van der Waals surface area contributed by atoms with Gasteiger partial charge in [0.1, 0.15) is 6.04 Å². The molecule has 1 saturated heterocycles. The molecule has 2 heterocycles. The van der Waals surface area contributed by atoms with Crippen LogP contribution in [-0.4, -0.2) is 64.2 Å². The van der Waals surface area contributed by atoms with Crippen molar-refractivity contribution in [3.63, 3.8) is 0 Å². The maximum absolute atomic E-state index is 13.9. The number of hydrogen-bond acceptors (Lipinski definition) is 6. The molecular formula is C35H44N4O4. The van der Waals surface area contributed by atoms with Gasteiger partial charge in [0.25, 0.3) is 0 Å². The van der Waals surface area contributed by atoms with Gasteiger partial charge >= 0.3 is 0 Å². The smallest absolute Gasteiger partial charge is 0.248 e. The van der Waals surface area contributed by atoms with Crippen LogP contribution in [0.4, 0.5) is 0 Å². The summed E-state index contributed by atoms with van der Waals surface area (Å²) in [5.41, 5.74) is 9.30. The van der Waals surface area contributed by atoms with Gasteiger partial charge in [-0.2, -0.15) is 0 Å². The van der Waals surface area contributed by atoms with Gasteiger partial charge in [-0.05, 0) is 62.4 Å². The number of rotatable bonds is 13. The minimum Gasteiger partial charge on any atom is -0.395 e. The lowest BCUT2D eigenvalue weighted by molar-refractivity contribution is -0.141. The Morgan fingerprint density at radius 2 is 1.86 bits per heavy atom. The fourth-order valence-electron chi connectivity index (χ4n) is 5.36. The standard InChI is InChI=1S/C35H44N4O4/c1-25(36)33(41)38-32(26(2)43-23-27-11-5-4-6-12-27)34(42)39-20-10-15-30(39)17-18-35(3,24-40)22-28-13-9-14-29(21-28)31-16-7-8-19-37-31/h4-9,11-14,16-19,21,25-26,30,32,40H,10,15,20,22-24,36H2,1-3H3,(H,38,41)/b18-17+/t25-,26+,30-,32-,35-/m0/s1. The summed E-state index contributed by atoms with van der Waals surface area (Å²) in [7, 11) is 0. The summed E-state index contributed by atoms with van der Waals surface area (Å²) in [6, 6.07) is 22.0. The SMILES string of the molecule is C[C@H](N)C(=O)N[C@H](C(=O)N1CCC[C@H]1/C=C/[C@](C)(CO)Cc1cccc(-c2ccccn2)c1)[C@@H](C)OCc1ccccc1. The van der Waals surface area contributed by atoms with Crippen LogP contribution in [0.5, 0.6) is 0 Å². The zero-order valence-corrected chi connectivity index (χ0v) is 25.4. The molecule has 4 N–H and O–H groups in total. The first-order valence-electron chi connectivity index (χ1n) is 15.0. The van der Waals surface area contributed by atoms with Crippen LogP contribution in [-0.2, 0) is 27.4 Å². The van der Waals surface area contributed by atoms with Crippen LogP contribution in [0.25, 0.3) is 11.3 Å². The highest BCUT2D eigenvalue weighted by Gasteiger charge is 2.37. The van der Waals surface area contributed by atoms with Crippen molar-refractivity contribution < 1.29 is 19.4 Å². The van der Waals surface area contributed by atoms with Crippen LogP contribution in [0, 0.1) is 5.41 Å². The number of likely N-dealkylation sites (tertiary alicyclic amines) is 1. The molecule has 1 aliphatic heterocycles. The molecular weight excluding hydrogens is 540 g/mol. The third-order valence-electron chi connectivity index (χ3n) is 7.96. The highest BCUT2D eigenvalue weighted by Crippen LogP contribution is 2.29. The normalized spacial score (nSPS) is 18.6. The molecule has 2 aromatic carbocycles. The number of amides is 2. The molecule has 4 rings (SSSR count). The largest absolute Gasteiger partial charge is 0.395 e. The van der Waals surface area contributed by atoms with Gasteiger partial charge in [0.05, 0.1) is 37.1 Å².